The highest BCUT2D eigenvalue weighted by Crippen LogP contribution is 2.52. The Morgan fingerprint density at radius 2 is 1.84 bits per heavy atom. The Labute approximate surface area is 189 Å². The van der Waals surface area contributed by atoms with Gasteiger partial charge in [0.2, 0.25) is 11.8 Å². The van der Waals surface area contributed by atoms with E-state index < -0.39 is 22.9 Å². The van der Waals surface area contributed by atoms with E-state index in [0.717, 1.165) is 11.1 Å². The molecule has 0 unspecified atom stereocenters. The van der Waals surface area contributed by atoms with Crippen LogP contribution in [0.25, 0.3) is 6.08 Å². The van der Waals surface area contributed by atoms with E-state index in [9.17, 15) is 9.59 Å². The van der Waals surface area contributed by atoms with Crippen LogP contribution in [0, 0.1) is 0 Å². The van der Waals surface area contributed by atoms with Gasteiger partial charge in [-0.15, -0.1) is 11.8 Å². The van der Waals surface area contributed by atoms with Crippen molar-refractivity contribution in [2.45, 2.75) is 35.6 Å². The first kappa shape index (κ1) is 20.5. The molecule has 3 atom stereocenters. The van der Waals surface area contributed by atoms with Gasteiger partial charge in [-0.05, 0) is 18.1 Å². The van der Waals surface area contributed by atoms with Crippen molar-refractivity contribution in [1.29, 1.82) is 0 Å². The van der Waals surface area contributed by atoms with E-state index in [1.165, 1.54) is 6.33 Å². The molecule has 8 heteroatoms. The normalized spacial score (nSPS) is 24.6. The number of esters is 1. The van der Waals surface area contributed by atoms with Gasteiger partial charge in [-0.1, -0.05) is 71.9 Å². The third-order valence-electron chi connectivity index (χ3n) is 5.76. The lowest BCUT2D eigenvalue weighted by atomic mass is 9.95. The van der Waals surface area contributed by atoms with E-state index in [2.05, 4.69) is 10.1 Å². The van der Waals surface area contributed by atoms with Crippen LogP contribution in [0.5, 0.6) is 0 Å². The average Bonchev–Trinajstić information content (AvgIpc) is 3.41. The van der Waals surface area contributed by atoms with Gasteiger partial charge in [0.05, 0.1) is 16.5 Å². The van der Waals surface area contributed by atoms with Crippen LogP contribution in [0.15, 0.2) is 77.6 Å². The predicted molar refractivity (Wildman–Crippen MR) is 119 cm³/mol. The van der Waals surface area contributed by atoms with Crippen LogP contribution in [0.3, 0.4) is 0 Å². The number of carbonyl (C=O) groups is 2. The Morgan fingerprint density at radius 3 is 2.41 bits per heavy atom. The van der Waals surface area contributed by atoms with E-state index in [1.807, 2.05) is 73.7 Å². The number of thioether (sulfide) groups is 1. The first-order valence-corrected chi connectivity index (χ1v) is 11.2. The Morgan fingerprint density at radius 1 is 1.19 bits per heavy atom. The number of benzene rings is 2. The number of amides is 1. The second kappa shape index (κ2) is 8.27. The number of nitrogens with zero attached hydrogens (tertiary/aromatic N) is 3. The smallest absolute Gasteiger partial charge is 0.331 e. The summed E-state index contributed by atoms with van der Waals surface area (Å²) >= 11 is 1.57. The minimum atomic E-state index is -0.757. The van der Waals surface area contributed by atoms with E-state index >= 15 is 0 Å². The SMILES string of the molecule is C[C@@]1(/C=C/c2ncno2)S[C@@H]2CC(=O)N2[C@H]1C(=O)OC(c1ccccc1)c1ccccc1. The van der Waals surface area contributed by atoms with Gasteiger partial charge in [0.25, 0.3) is 0 Å². The van der Waals surface area contributed by atoms with E-state index in [-0.39, 0.29) is 11.3 Å². The number of aromatic nitrogens is 2. The minimum absolute atomic E-state index is 0.0460. The number of rotatable bonds is 6. The maximum atomic E-state index is 13.6. The van der Waals surface area contributed by atoms with Crippen molar-refractivity contribution in [2.75, 3.05) is 0 Å². The van der Waals surface area contributed by atoms with Crippen molar-refractivity contribution in [3.05, 3.63) is 90.1 Å². The summed E-state index contributed by atoms with van der Waals surface area (Å²) in [4.78, 5) is 31.7. The molecule has 0 radical (unpaired) electrons. The fourth-order valence-corrected chi connectivity index (χ4v) is 5.83. The lowest BCUT2D eigenvalue weighted by Crippen LogP contribution is -2.57. The second-order valence-corrected chi connectivity index (χ2v) is 9.57. The molecule has 1 aromatic heterocycles. The van der Waals surface area contributed by atoms with Gasteiger partial charge >= 0.3 is 5.97 Å². The zero-order valence-electron chi connectivity index (χ0n) is 17.3. The summed E-state index contributed by atoms with van der Waals surface area (Å²) in [5.41, 5.74) is 1.74. The Bertz CT molecular complexity index is 1100. The molecule has 3 heterocycles. The standard InChI is InChI=1S/C24H21N3O4S/c1-24(13-12-18-25-15-26-31-18)22(27-19(28)14-20(27)32-24)23(29)30-21(16-8-4-2-5-9-16)17-10-6-3-7-11-17/h2-13,15,20-22H,14H2,1H3/b13-12+/t20-,22+,24+/m1/s1. The summed E-state index contributed by atoms with van der Waals surface area (Å²) in [5, 5.41) is 3.55. The van der Waals surface area contributed by atoms with E-state index in [0.29, 0.717) is 12.3 Å². The first-order valence-electron chi connectivity index (χ1n) is 10.3. The Balaban J connectivity index is 1.46. The van der Waals surface area contributed by atoms with Gasteiger partial charge in [0, 0.05) is 6.08 Å². The maximum absolute atomic E-state index is 13.6. The van der Waals surface area contributed by atoms with Crippen LogP contribution < -0.4 is 0 Å². The average molecular weight is 448 g/mol. The molecule has 5 rings (SSSR count). The van der Waals surface area contributed by atoms with Crippen molar-refractivity contribution < 1.29 is 18.8 Å². The fourth-order valence-electron chi connectivity index (χ4n) is 4.18. The van der Waals surface area contributed by atoms with Gasteiger partial charge in [0.1, 0.15) is 6.04 Å². The highest BCUT2D eigenvalue weighted by atomic mass is 32.2. The van der Waals surface area contributed by atoms with Crippen molar-refractivity contribution >= 4 is 29.7 Å². The first-order chi connectivity index (χ1) is 15.5. The molecule has 2 aromatic carbocycles. The van der Waals surface area contributed by atoms with Crippen molar-refractivity contribution in [1.82, 2.24) is 15.0 Å². The summed E-state index contributed by atoms with van der Waals surface area (Å²) in [6.45, 7) is 1.93. The number of carbonyl (C=O) groups excluding carboxylic acids is 2. The molecule has 2 saturated heterocycles. The number of hydrogen-bond donors (Lipinski definition) is 0. The molecule has 0 aliphatic carbocycles. The quantitative estimate of drug-likeness (QED) is 0.419. The minimum Gasteiger partial charge on any atom is -0.451 e. The molecule has 0 N–H and O–H groups in total. The third kappa shape index (κ3) is 3.71. The van der Waals surface area contributed by atoms with Crippen LogP contribution >= 0.6 is 11.8 Å². The zero-order chi connectivity index (χ0) is 22.1. The number of hydrogen-bond acceptors (Lipinski definition) is 7. The van der Waals surface area contributed by atoms with Gasteiger partial charge in [-0.3, -0.25) is 4.79 Å². The molecule has 0 bridgehead atoms. The van der Waals surface area contributed by atoms with Crippen molar-refractivity contribution in [2.24, 2.45) is 0 Å². The summed E-state index contributed by atoms with van der Waals surface area (Å²) in [6, 6.07) is 18.5. The molecule has 32 heavy (non-hydrogen) atoms. The lowest BCUT2D eigenvalue weighted by molar-refractivity contribution is -0.163. The number of β-lactam (4-membered cyclic amide) rings is 1. The van der Waals surface area contributed by atoms with Gasteiger partial charge < -0.3 is 14.2 Å². The van der Waals surface area contributed by atoms with Crippen molar-refractivity contribution in [3.8, 4) is 0 Å². The van der Waals surface area contributed by atoms with Gasteiger partial charge in [-0.25, -0.2) is 4.79 Å². The largest absolute Gasteiger partial charge is 0.451 e. The van der Waals surface area contributed by atoms with Crippen LogP contribution in [-0.4, -0.2) is 43.1 Å². The number of ether oxygens (including phenoxy) is 1. The Hall–Kier alpha value is -3.39. The topological polar surface area (TPSA) is 85.5 Å². The molecule has 2 aliphatic heterocycles. The van der Waals surface area contributed by atoms with Crippen LogP contribution in [-0.2, 0) is 14.3 Å². The van der Waals surface area contributed by atoms with E-state index in [1.54, 1.807) is 22.7 Å². The molecule has 0 saturated carbocycles. The van der Waals surface area contributed by atoms with Crippen LogP contribution in [0.2, 0.25) is 0 Å². The van der Waals surface area contributed by atoms with Crippen molar-refractivity contribution in [3.63, 3.8) is 0 Å². The maximum Gasteiger partial charge on any atom is 0.331 e. The molecule has 2 aliphatic rings. The summed E-state index contributed by atoms with van der Waals surface area (Å²) in [6.07, 6.45) is 4.69. The molecule has 2 fully saturated rings. The Kier molecular flexibility index (Phi) is 5.30. The molecule has 3 aromatic rings. The molecule has 7 nitrogen and oxygen atoms in total. The molecule has 0 spiro atoms. The summed E-state index contributed by atoms with van der Waals surface area (Å²) < 4.78 is 10.5. The summed E-state index contributed by atoms with van der Waals surface area (Å²) in [5.74, 6) is -0.148. The van der Waals surface area contributed by atoms with Crippen LogP contribution in [0.1, 0.15) is 36.5 Å². The summed E-state index contributed by atoms with van der Waals surface area (Å²) in [7, 11) is 0. The highest BCUT2D eigenvalue weighted by molar-refractivity contribution is 8.01. The lowest BCUT2D eigenvalue weighted by Gasteiger charge is -2.38. The van der Waals surface area contributed by atoms with Gasteiger partial charge in [0.15, 0.2) is 12.4 Å². The zero-order valence-corrected chi connectivity index (χ0v) is 18.1. The molecule has 162 valence electrons. The molecular weight excluding hydrogens is 426 g/mol. The number of fused-ring (bicyclic) bond motifs is 1. The second-order valence-electron chi connectivity index (χ2n) is 7.92. The van der Waals surface area contributed by atoms with Gasteiger partial charge in [-0.2, -0.15) is 4.98 Å². The predicted octanol–water partition coefficient (Wildman–Crippen LogP) is 3.85. The van der Waals surface area contributed by atoms with E-state index in [4.69, 9.17) is 9.26 Å². The molecule has 1 amide bonds. The molecular formula is C24H21N3O4S. The monoisotopic (exact) mass is 447 g/mol. The third-order valence-corrected chi connectivity index (χ3v) is 7.29. The van der Waals surface area contributed by atoms with Crippen LogP contribution in [0.4, 0.5) is 0 Å². The highest BCUT2D eigenvalue weighted by Gasteiger charge is 2.60. The fraction of sp³-hybridized carbons (Fsp3) is 0.250.